The van der Waals surface area contributed by atoms with E-state index in [4.69, 9.17) is 5.11 Å². The molecule has 0 aliphatic rings. The molecule has 8 nitrogen and oxygen atoms in total. The fraction of sp³-hybridized carbons (Fsp3) is 0.400. The Morgan fingerprint density at radius 3 is 2.22 bits per heavy atom. The van der Waals surface area contributed by atoms with E-state index in [-0.39, 0.29) is 5.57 Å². The van der Waals surface area contributed by atoms with Crippen LogP contribution in [-0.2, 0) is 23.9 Å². The highest BCUT2D eigenvalue weighted by Crippen LogP contribution is 2.10. The van der Waals surface area contributed by atoms with Gasteiger partial charge in [0.2, 0.25) is 18.4 Å². The third-order valence-corrected chi connectivity index (χ3v) is 1.72. The number of rotatable bonds is 6. The van der Waals surface area contributed by atoms with Gasteiger partial charge < -0.3 is 9.84 Å². The molecule has 18 heavy (non-hydrogen) atoms. The van der Waals surface area contributed by atoms with Gasteiger partial charge in [0.15, 0.2) is 0 Å². The first-order chi connectivity index (χ1) is 8.42. The van der Waals surface area contributed by atoms with Gasteiger partial charge in [-0.25, -0.2) is 19.2 Å². The molecule has 0 spiro atoms. The minimum atomic E-state index is -1.40. The molecule has 2 unspecified atom stereocenters. The van der Waals surface area contributed by atoms with Crippen molar-refractivity contribution in [2.45, 2.75) is 26.1 Å². The first-order valence-electron chi connectivity index (χ1n) is 4.71. The number of carbonyl (C=O) groups is 2. The van der Waals surface area contributed by atoms with E-state index in [9.17, 15) is 19.2 Å². The standard InChI is InChI=1S/C10H10N2O6/c1-6(11-4-13)8(3-9(15)16)10(17)18-7(2)12-5-14/h3,6-7H,1-2H3,(H,15,16). The van der Waals surface area contributed by atoms with Crippen LogP contribution in [0.2, 0.25) is 0 Å². The normalized spacial score (nSPS) is 13.6. The van der Waals surface area contributed by atoms with Gasteiger partial charge in [-0.3, -0.25) is 0 Å². The van der Waals surface area contributed by atoms with Crippen LogP contribution < -0.4 is 0 Å². The lowest BCUT2D eigenvalue weighted by atomic mass is 10.1. The summed E-state index contributed by atoms with van der Waals surface area (Å²) in [5.41, 5.74) is -0.362. The fourth-order valence-corrected chi connectivity index (χ4v) is 0.955. The molecule has 0 rings (SSSR count). The van der Waals surface area contributed by atoms with Crippen LogP contribution >= 0.6 is 0 Å². The Kier molecular flexibility index (Phi) is 6.58. The summed E-state index contributed by atoms with van der Waals surface area (Å²) >= 11 is 0. The summed E-state index contributed by atoms with van der Waals surface area (Å²) in [6, 6.07) is -1.03. The lowest BCUT2D eigenvalue weighted by molar-refractivity contribution is -0.144. The number of nitrogens with zero attached hydrogens (tertiary/aromatic N) is 2. The second kappa shape index (κ2) is 7.67. The molecule has 0 saturated carbocycles. The van der Waals surface area contributed by atoms with Gasteiger partial charge in [0.25, 0.3) is 0 Å². The van der Waals surface area contributed by atoms with Gasteiger partial charge in [-0.05, 0) is 13.8 Å². The van der Waals surface area contributed by atoms with Crippen molar-refractivity contribution in [3.63, 3.8) is 0 Å². The number of carbonyl (C=O) groups excluding carboxylic acids is 3. The Morgan fingerprint density at radius 2 is 1.78 bits per heavy atom. The Bertz CT molecular complexity index is 457. The number of hydrogen-bond donors (Lipinski definition) is 1. The van der Waals surface area contributed by atoms with E-state index in [1.54, 1.807) is 0 Å². The minimum absolute atomic E-state index is 0.362. The maximum absolute atomic E-state index is 11.5. The minimum Gasteiger partial charge on any atom is -0.478 e. The van der Waals surface area contributed by atoms with Crippen LogP contribution in [0.4, 0.5) is 0 Å². The zero-order valence-electron chi connectivity index (χ0n) is 9.61. The highest BCUT2D eigenvalue weighted by atomic mass is 16.6. The summed E-state index contributed by atoms with van der Waals surface area (Å²) in [6.45, 7) is 2.60. The molecule has 2 atom stereocenters. The van der Waals surface area contributed by atoms with Gasteiger partial charge in [0.05, 0.1) is 11.6 Å². The molecule has 0 fully saturated rings. The predicted molar refractivity (Wildman–Crippen MR) is 57.0 cm³/mol. The Hall–Kier alpha value is -2.56. The molecule has 0 heterocycles. The average molecular weight is 254 g/mol. The van der Waals surface area contributed by atoms with Gasteiger partial charge in [-0.1, -0.05) is 0 Å². The number of aliphatic imine (C=N–C) groups is 2. The van der Waals surface area contributed by atoms with Crippen LogP contribution in [0.5, 0.6) is 0 Å². The zero-order valence-corrected chi connectivity index (χ0v) is 9.61. The van der Waals surface area contributed by atoms with E-state index in [1.165, 1.54) is 26.0 Å². The first kappa shape index (κ1) is 15.4. The summed E-state index contributed by atoms with van der Waals surface area (Å²) in [6.07, 6.45) is 1.83. The Balaban J connectivity index is 5.09. The number of carboxylic acids is 1. The Labute approximate surface area is 102 Å². The van der Waals surface area contributed by atoms with Crippen LogP contribution in [0.1, 0.15) is 13.8 Å². The number of isocyanates is 2. The van der Waals surface area contributed by atoms with Gasteiger partial charge in [0, 0.05) is 6.08 Å². The molecule has 0 radical (unpaired) electrons. The number of esters is 1. The van der Waals surface area contributed by atoms with Crippen molar-refractivity contribution in [3.8, 4) is 0 Å². The molecule has 0 aromatic rings. The number of hydrogen-bond acceptors (Lipinski definition) is 7. The third kappa shape index (κ3) is 5.50. The molecule has 0 saturated heterocycles. The molecule has 0 aromatic carbocycles. The highest BCUT2D eigenvalue weighted by molar-refractivity contribution is 5.96. The van der Waals surface area contributed by atoms with Crippen LogP contribution in [0, 0.1) is 0 Å². The van der Waals surface area contributed by atoms with Gasteiger partial charge in [-0.15, -0.1) is 0 Å². The van der Waals surface area contributed by atoms with Crippen molar-refractivity contribution in [2.75, 3.05) is 0 Å². The average Bonchev–Trinajstić information content (AvgIpc) is 2.25. The largest absolute Gasteiger partial charge is 0.478 e. The SMILES string of the molecule is CC(N=C=O)OC(=O)C(=CC(=O)O)C(C)N=C=O. The second-order valence-electron chi connectivity index (χ2n) is 3.06. The third-order valence-electron chi connectivity index (χ3n) is 1.72. The maximum Gasteiger partial charge on any atom is 0.338 e. The summed E-state index contributed by atoms with van der Waals surface area (Å²) in [5, 5.41) is 8.58. The van der Waals surface area contributed by atoms with E-state index in [2.05, 4.69) is 14.7 Å². The van der Waals surface area contributed by atoms with E-state index in [0.717, 1.165) is 0 Å². The molecule has 8 heteroatoms. The van der Waals surface area contributed by atoms with Crippen LogP contribution in [0.15, 0.2) is 21.6 Å². The van der Waals surface area contributed by atoms with Crippen LogP contribution in [0.3, 0.4) is 0 Å². The van der Waals surface area contributed by atoms with Gasteiger partial charge >= 0.3 is 11.9 Å². The van der Waals surface area contributed by atoms with E-state index < -0.39 is 24.2 Å². The molecule has 1 N–H and O–H groups in total. The molecule has 0 aliphatic carbocycles. The molecule has 0 amide bonds. The topological polar surface area (TPSA) is 122 Å². The molecule has 0 aromatic heterocycles. The number of carboxylic acid groups (broad SMARTS) is 1. The summed E-state index contributed by atoms with van der Waals surface area (Å²) in [7, 11) is 0. The van der Waals surface area contributed by atoms with Crippen molar-refractivity contribution in [1.82, 2.24) is 0 Å². The van der Waals surface area contributed by atoms with Crippen molar-refractivity contribution < 1.29 is 29.0 Å². The monoisotopic (exact) mass is 254 g/mol. The fourth-order valence-electron chi connectivity index (χ4n) is 0.955. The van der Waals surface area contributed by atoms with Gasteiger partial charge in [0.1, 0.15) is 0 Å². The lowest BCUT2D eigenvalue weighted by Gasteiger charge is -2.11. The first-order valence-corrected chi connectivity index (χ1v) is 4.71. The summed E-state index contributed by atoms with van der Waals surface area (Å²) in [4.78, 5) is 48.4. The zero-order chi connectivity index (χ0) is 14.1. The molecule has 96 valence electrons. The molecular weight excluding hydrogens is 244 g/mol. The van der Waals surface area contributed by atoms with Crippen molar-refractivity contribution >= 4 is 24.1 Å². The smallest absolute Gasteiger partial charge is 0.338 e. The van der Waals surface area contributed by atoms with Crippen molar-refractivity contribution in [2.24, 2.45) is 9.98 Å². The number of aliphatic carboxylic acids is 1. The van der Waals surface area contributed by atoms with Crippen LogP contribution in [-0.4, -0.2) is 41.5 Å². The van der Waals surface area contributed by atoms with Gasteiger partial charge in [-0.2, -0.15) is 9.98 Å². The highest BCUT2D eigenvalue weighted by Gasteiger charge is 2.21. The van der Waals surface area contributed by atoms with E-state index in [1.807, 2.05) is 0 Å². The van der Waals surface area contributed by atoms with E-state index >= 15 is 0 Å². The second-order valence-corrected chi connectivity index (χ2v) is 3.06. The molecular formula is C10H10N2O6. The maximum atomic E-state index is 11.5. The molecule has 0 aliphatic heterocycles. The van der Waals surface area contributed by atoms with Crippen molar-refractivity contribution in [3.05, 3.63) is 11.6 Å². The summed E-state index contributed by atoms with van der Waals surface area (Å²) in [5.74, 6) is -2.45. The Morgan fingerprint density at radius 1 is 1.22 bits per heavy atom. The quantitative estimate of drug-likeness (QED) is 0.307. The lowest BCUT2D eigenvalue weighted by Crippen LogP contribution is -2.21. The predicted octanol–water partition coefficient (Wildman–Crippen LogP) is -0.0533. The molecule has 0 bridgehead atoms. The number of ether oxygens (including phenoxy) is 1. The van der Waals surface area contributed by atoms with Crippen molar-refractivity contribution in [1.29, 1.82) is 0 Å². The van der Waals surface area contributed by atoms with Crippen LogP contribution in [0.25, 0.3) is 0 Å². The summed E-state index contributed by atoms with van der Waals surface area (Å²) < 4.78 is 4.63. The van der Waals surface area contributed by atoms with E-state index in [0.29, 0.717) is 6.08 Å².